The lowest BCUT2D eigenvalue weighted by atomic mass is 10.2. The number of nitrogens with one attached hydrogen (secondary N) is 1. The third-order valence-electron chi connectivity index (χ3n) is 2.62. The monoisotopic (exact) mass is 353 g/mol. The van der Waals surface area contributed by atoms with Crippen LogP contribution in [0.15, 0.2) is 24.3 Å². The van der Waals surface area contributed by atoms with Crippen LogP contribution in [0.5, 0.6) is 0 Å². The van der Waals surface area contributed by atoms with Crippen molar-refractivity contribution in [2.75, 3.05) is 6.54 Å². The molecule has 2 aromatic rings. The fourth-order valence-electron chi connectivity index (χ4n) is 1.64. The van der Waals surface area contributed by atoms with E-state index < -0.39 is 0 Å². The second-order valence-electron chi connectivity index (χ2n) is 3.95. The van der Waals surface area contributed by atoms with Crippen molar-refractivity contribution < 1.29 is 0 Å². The quantitative estimate of drug-likeness (QED) is 0.536. The van der Waals surface area contributed by atoms with Crippen molar-refractivity contribution in [3.8, 4) is 0 Å². The molecule has 0 fully saturated rings. The molecule has 0 bridgehead atoms. The molecule has 1 heterocycles. The van der Waals surface area contributed by atoms with Gasteiger partial charge in [-0.2, -0.15) is 0 Å². The fourth-order valence-corrected chi connectivity index (χ4v) is 3.41. The maximum Gasteiger partial charge on any atom is 0.0931 e. The normalized spacial score (nSPS) is 10.9. The van der Waals surface area contributed by atoms with Crippen LogP contribution >= 0.6 is 57.7 Å². The van der Waals surface area contributed by atoms with E-state index in [0.29, 0.717) is 21.6 Å². The van der Waals surface area contributed by atoms with Crippen molar-refractivity contribution in [2.45, 2.75) is 13.0 Å². The van der Waals surface area contributed by atoms with Gasteiger partial charge in [0, 0.05) is 28.6 Å². The first-order valence-electron chi connectivity index (χ1n) is 5.65. The Balaban J connectivity index is 1.88. The van der Waals surface area contributed by atoms with Crippen molar-refractivity contribution >= 4 is 57.7 Å². The van der Waals surface area contributed by atoms with Crippen molar-refractivity contribution in [2.24, 2.45) is 0 Å². The molecule has 0 radical (unpaired) electrons. The molecule has 0 saturated carbocycles. The maximum absolute atomic E-state index is 6.13. The first-order valence-corrected chi connectivity index (χ1v) is 7.98. The number of benzene rings is 1. The first-order chi connectivity index (χ1) is 9.08. The summed E-state index contributed by atoms with van der Waals surface area (Å²) in [6.07, 6.45) is 0.924. The summed E-state index contributed by atoms with van der Waals surface area (Å²) in [5.41, 5.74) is 0.833. The largest absolute Gasteiger partial charge is 0.312 e. The van der Waals surface area contributed by atoms with Gasteiger partial charge in [-0.1, -0.05) is 46.4 Å². The topological polar surface area (TPSA) is 12.0 Å². The Morgan fingerprint density at radius 1 is 0.947 bits per heavy atom. The summed E-state index contributed by atoms with van der Waals surface area (Å²) in [6, 6.07) is 7.40. The van der Waals surface area contributed by atoms with E-state index in [1.54, 1.807) is 23.5 Å². The average molecular weight is 355 g/mol. The van der Waals surface area contributed by atoms with Gasteiger partial charge in [-0.05, 0) is 30.7 Å². The standard InChI is InChI=1S/C13H11Cl4NS/c14-10-2-3-11(15)13(17)9(10)7-18-6-5-8-1-4-12(16)19-8/h1-4,18H,5-7H2. The minimum absolute atomic E-state index is 0.515. The number of halogens is 4. The molecule has 1 N–H and O–H groups in total. The molecule has 19 heavy (non-hydrogen) atoms. The van der Waals surface area contributed by atoms with Gasteiger partial charge in [-0.25, -0.2) is 0 Å². The van der Waals surface area contributed by atoms with Crippen LogP contribution in [-0.4, -0.2) is 6.54 Å². The van der Waals surface area contributed by atoms with Crippen molar-refractivity contribution in [3.63, 3.8) is 0 Å². The average Bonchev–Trinajstić information content (AvgIpc) is 2.79. The summed E-state index contributed by atoms with van der Waals surface area (Å²) in [5.74, 6) is 0. The van der Waals surface area contributed by atoms with Crippen LogP contribution in [0.2, 0.25) is 19.4 Å². The molecule has 1 aromatic heterocycles. The Kier molecular flexibility index (Phi) is 5.82. The Morgan fingerprint density at radius 2 is 1.68 bits per heavy atom. The number of thiophene rings is 1. The smallest absolute Gasteiger partial charge is 0.0931 e. The van der Waals surface area contributed by atoms with E-state index in [4.69, 9.17) is 46.4 Å². The lowest BCUT2D eigenvalue weighted by molar-refractivity contribution is 0.691. The van der Waals surface area contributed by atoms with Crippen LogP contribution in [0, 0.1) is 0 Å². The second-order valence-corrected chi connectivity index (χ2v) is 6.95. The molecule has 1 aromatic carbocycles. The van der Waals surface area contributed by atoms with E-state index >= 15 is 0 Å². The molecule has 0 saturated heterocycles. The van der Waals surface area contributed by atoms with Gasteiger partial charge in [-0.3, -0.25) is 0 Å². The highest BCUT2D eigenvalue weighted by atomic mass is 35.5. The molecule has 6 heteroatoms. The van der Waals surface area contributed by atoms with Gasteiger partial charge in [-0.15, -0.1) is 11.3 Å². The molecule has 0 amide bonds. The van der Waals surface area contributed by atoms with Gasteiger partial charge < -0.3 is 5.32 Å². The Labute approximate surface area is 136 Å². The van der Waals surface area contributed by atoms with Crippen LogP contribution < -0.4 is 5.32 Å². The first kappa shape index (κ1) is 15.4. The molecule has 0 aliphatic rings. The van der Waals surface area contributed by atoms with E-state index in [-0.39, 0.29) is 0 Å². The summed E-state index contributed by atoms with van der Waals surface area (Å²) in [6.45, 7) is 1.42. The minimum atomic E-state index is 0.515. The number of rotatable bonds is 5. The van der Waals surface area contributed by atoms with E-state index in [2.05, 4.69) is 5.32 Å². The van der Waals surface area contributed by atoms with Crippen LogP contribution in [0.25, 0.3) is 0 Å². The molecule has 1 nitrogen and oxygen atoms in total. The van der Waals surface area contributed by atoms with Crippen LogP contribution in [0.4, 0.5) is 0 Å². The zero-order valence-electron chi connectivity index (χ0n) is 9.85. The van der Waals surface area contributed by atoms with E-state index in [1.807, 2.05) is 12.1 Å². The summed E-state index contributed by atoms with van der Waals surface area (Å²) in [5, 5.41) is 4.97. The minimum Gasteiger partial charge on any atom is -0.312 e. The third kappa shape index (κ3) is 4.25. The predicted molar refractivity (Wildman–Crippen MR) is 86.2 cm³/mol. The lowest BCUT2D eigenvalue weighted by Gasteiger charge is -2.09. The molecule has 0 spiro atoms. The van der Waals surface area contributed by atoms with E-state index in [1.165, 1.54) is 4.88 Å². The highest BCUT2D eigenvalue weighted by Crippen LogP contribution is 2.31. The molecular weight excluding hydrogens is 344 g/mol. The Morgan fingerprint density at radius 3 is 2.37 bits per heavy atom. The van der Waals surface area contributed by atoms with Gasteiger partial charge in [0.2, 0.25) is 0 Å². The van der Waals surface area contributed by atoms with Gasteiger partial charge in [0.25, 0.3) is 0 Å². The van der Waals surface area contributed by atoms with E-state index in [0.717, 1.165) is 22.9 Å². The number of hydrogen-bond donors (Lipinski definition) is 1. The zero-order chi connectivity index (χ0) is 13.8. The van der Waals surface area contributed by atoms with Gasteiger partial charge in [0.1, 0.15) is 0 Å². The molecule has 0 aliphatic heterocycles. The highest BCUT2D eigenvalue weighted by molar-refractivity contribution is 7.16. The van der Waals surface area contributed by atoms with Crippen molar-refractivity contribution in [1.82, 2.24) is 5.32 Å². The van der Waals surface area contributed by atoms with Crippen molar-refractivity contribution in [3.05, 3.63) is 54.1 Å². The van der Waals surface area contributed by atoms with E-state index in [9.17, 15) is 0 Å². The van der Waals surface area contributed by atoms with Gasteiger partial charge in [0.05, 0.1) is 14.4 Å². The predicted octanol–water partition coefficient (Wildman–Crippen LogP) is 5.69. The van der Waals surface area contributed by atoms with Gasteiger partial charge in [0.15, 0.2) is 0 Å². The molecule has 2 rings (SSSR count). The van der Waals surface area contributed by atoms with Gasteiger partial charge >= 0.3 is 0 Å². The second kappa shape index (κ2) is 7.16. The summed E-state index contributed by atoms with van der Waals surface area (Å²) in [4.78, 5) is 1.25. The zero-order valence-corrected chi connectivity index (χ0v) is 13.7. The molecule has 0 unspecified atom stereocenters. The summed E-state index contributed by atoms with van der Waals surface area (Å²) in [7, 11) is 0. The Bertz CT molecular complexity index is 568. The van der Waals surface area contributed by atoms with Crippen LogP contribution in [-0.2, 0) is 13.0 Å². The lowest BCUT2D eigenvalue weighted by Crippen LogP contribution is -2.16. The van der Waals surface area contributed by atoms with Crippen LogP contribution in [0.1, 0.15) is 10.4 Å². The summed E-state index contributed by atoms with van der Waals surface area (Å²) >= 11 is 25.7. The molecule has 0 atom stereocenters. The third-order valence-corrected chi connectivity index (χ3v) is 5.11. The summed E-state index contributed by atoms with van der Waals surface area (Å²) < 4.78 is 0.816. The molecule has 0 aliphatic carbocycles. The fraction of sp³-hybridized carbons (Fsp3) is 0.231. The highest BCUT2D eigenvalue weighted by Gasteiger charge is 2.09. The SMILES string of the molecule is Clc1ccc(CCNCc2c(Cl)ccc(Cl)c2Cl)s1. The molecule has 102 valence electrons. The van der Waals surface area contributed by atoms with Crippen molar-refractivity contribution in [1.29, 1.82) is 0 Å². The Hall–Kier alpha value is 0.0400. The molecular formula is C13H11Cl4NS. The van der Waals surface area contributed by atoms with Crippen LogP contribution in [0.3, 0.4) is 0 Å². The number of hydrogen-bond acceptors (Lipinski definition) is 2. The maximum atomic E-state index is 6.13.